The summed E-state index contributed by atoms with van der Waals surface area (Å²) in [4.78, 5) is 4.06. The molecule has 0 bridgehead atoms. The molecule has 1 atom stereocenters. The van der Waals surface area contributed by atoms with Gasteiger partial charge in [-0.1, -0.05) is 27.7 Å². The lowest BCUT2D eigenvalue weighted by atomic mass is 9.78. The standard InChI is InChI=1S/C11H16BrN/c1-8(11(2,3)4)9-5-6-13-7-10(9)12/h5-8H,1-4H3. The Morgan fingerprint density at radius 2 is 2.00 bits per heavy atom. The van der Waals surface area contributed by atoms with Gasteiger partial charge in [0.2, 0.25) is 0 Å². The zero-order chi connectivity index (χ0) is 10.1. The topological polar surface area (TPSA) is 12.9 Å². The summed E-state index contributed by atoms with van der Waals surface area (Å²) in [7, 11) is 0. The van der Waals surface area contributed by atoms with Crippen LogP contribution < -0.4 is 0 Å². The third-order valence-electron chi connectivity index (χ3n) is 2.57. The first-order valence-electron chi connectivity index (χ1n) is 4.52. The molecule has 1 aromatic heterocycles. The van der Waals surface area contributed by atoms with E-state index in [0.717, 1.165) is 4.47 Å². The average molecular weight is 242 g/mol. The van der Waals surface area contributed by atoms with Crippen LogP contribution in [0.1, 0.15) is 39.2 Å². The fourth-order valence-corrected chi connectivity index (χ4v) is 1.80. The zero-order valence-corrected chi connectivity index (χ0v) is 10.2. The molecule has 0 aliphatic carbocycles. The molecule has 1 nitrogen and oxygen atoms in total. The normalized spacial score (nSPS) is 14.2. The van der Waals surface area contributed by atoms with E-state index in [1.807, 2.05) is 12.4 Å². The summed E-state index contributed by atoms with van der Waals surface area (Å²) in [6.45, 7) is 9.01. The van der Waals surface area contributed by atoms with E-state index in [2.05, 4.69) is 54.7 Å². The molecule has 0 saturated carbocycles. The van der Waals surface area contributed by atoms with Crippen molar-refractivity contribution < 1.29 is 0 Å². The minimum Gasteiger partial charge on any atom is -0.264 e. The molecule has 1 rings (SSSR count). The van der Waals surface area contributed by atoms with Crippen LogP contribution in [-0.2, 0) is 0 Å². The highest BCUT2D eigenvalue weighted by atomic mass is 79.9. The zero-order valence-electron chi connectivity index (χ0n) is 8.63. The molecule has 1 aromatic rings. The van der Waals surface area contributed by atoms with E-state index < -0.39 is 0 Å². The molecule has 0 aromatic carbocycles. The van der Waals surface area contributed by atoms with Crippen molar-refractivity contribution in [1.82, 2.24) is 4.98 Å². The quantitative estimate of drug-likeness (QED) is 0.725. The van der Waals surface area contributed by atoms with Crippen molar-refractivity contribution in [3.63, 3.8) is 0 Å². The van der Waals surface area contributed by atoms with Gasteiger partial charge in [-0.2, -0.15) is 0 Å². The van der Waals surface area contributed by atoms with Crippen LogP contribution in [0.5, 0.6) is 0 Å². The summed E-state index contributed by atoms with van der Waals surface area (Å²) < 4.78 is 1.11. The molecule has 1 heterocycles. The van der Waals surface area contributed by atoms with Gasteiger partial charge in [-0.3, -0.25) is 4.98 Å². The molecular formula is C11H16BrN. The molecule has 0 saturated heterocycles. The predicted molar refractivity (Wildman–Crippen MR) is 59.8 cm³/mol. The number of pyridine rings is 1. The average Bonchev–Trinajstić information content (AvgIpc) is 2.02. The Hall–Kier alpha value is -0.370. The van der Waals surface area contributed by atoms with Crippen molar-refractivity contribution in [2.24, 2.45) is 5.41 Å². The van der Waals surface area contributed by atoms with E-state index in [4.69, 9.17) is 0 Å². The maximum absolute atomic E-state index is 4.06. The molecule has 0 aliphatic rings. The minimum absolute atomic E-state index is 0.296. The number of halogens is 1. The monoisotopic (exact) mass is 241 g/mol. The first kappa shape index (κ1) is 10.7. The number of rotatable bonds is 1. The summed E-state index contributed by atoms with van der Waals surface area (Å²) in [5.41, 5.74) is 1.63. The van der Waals surface area contributed by atoms with Gasteiger partial charge in [-0.05, 0) is 38.9 Å². The van der Waals surface area contributed by atoms with E-state index in [9.17, 15) is 0 Å². The van der Waals surface area contributed by atoms with E-state index in [0.29, 0.717) is 11.3 Å². The van der Waals surface area contributed by atoms with Gasteiger partial charge in [-0.25, -0.2) is 0 Å². The van der Waals surface area contributed by atoms with E-state index in [1.165, 1.54) is 5.56 Å². The molecule has 0 N–H and O–H groups in total. The minimum atomic E-state index is 0.296. The molecule has 0 radical (unpaired) electrons. The van der Waals surface area contributed by atoms with Gasteiger partial charge in [0.1, 0.15) is 0 Å². The molecule has 0 amide bonds. The number of nitrogens with zero attached hydrogens (tertiary/aromatic N) is 1. The second-order valence-electron chi connectivity index (χ2n) is 4.48. The maximum atomic E-state index is 4.06. The van der Waals surface area contributed by atoms with Crippen molar-refractivity contribution in [3.05, 3.63) is 28.5 Å². The van der Waals surface area contributed by atoms with Crippen molar-refractivity contribution in [3.8, 4) is 0 Å². The smallest absolute Gasteiger partial charge is 0.0413 e. The molecule has 13 heavy (non-hydrogen) atoms. The van der Waals surface area contributed by atoms with Gasteiger partial charge in [0.25, 0.3) is 0 Å². The first-order chi connectivity index (χ1) is 5.93. The molecule has 0 fully saturated rings. The van der Waals surface area contributed by atoms with E-state index >= 15 is 0 Å². The summed E-state index contributed by atoms with van der Waals surface area (Å²) in [5.74, 6) is 0.532. The lowest BCUT2D eigenvalue weighted by Gasteiger charge is -2.28. The molecule has 0 spiro atoms. The summed E-state index contributed by atoms with van der Waals surface area (Å²) in [6.07, 6.45) is 3.71. The molecule has 72 valence electrons. The Bertz CT molecular complexity index is 288. The second-order valence-corrected chi connectivity index (χ2v) is 5.34. The first-order valence-corrected chi connectivity index (χ1v) is 5.31. The van der Waals surface area contributed by atoms with Gasteiger partial charge < -0.3 is 0 Å². The summed E-state index contributed by atoms with van der Waals surface area (Å²) in [5, 5.41) is 0. The van der Waals surface area contributed by atoms with Gasteiger partial charge in [-0.15, -0.1) is 0 Å². The van der Waals surface area contributed by atoms with Gasteiger partial charge >= 0.3 is 0 Å². The Morgan fingerprint density at radius 1 is 1.38 bits per heavy atom. The van der Waals surface area contributed by atoms with Crippen LogP contribution in [0, 0.1) is 5.41 Å². The van der Waals surface area contributed by atoms with Crippen LogP contribution in [0.4, 0.5) is 0 Å². The van der Waals surface area contributed by atoms with Crippen molar-refractivity contribution in [2.75, 3.05) is 0 Å². The van der Waals surface area contributed by atoms with Crippen LogP contribution >= 0.6 is 15.9 Å². The van der Waals surface area contributed by atoms with Crippen molar-refractivity contribution >= 4 is 15.9 Å². The van der Waals surface area contributed by atoms with E-state index in [1.54, 1.807) is 0 Å². The number of aromatic nitrogens is 1. The Balaban J connectivity index is 3.02. The fourth-order valence-electron chi connectivity index (χ4n) is 1.20. The van der Waals surface area contributed by atoms with Crippen LogP contribution in [0.15, 0.2) is 22.9 Å². The molecule has 0 aliphatic heterocycles. The van der Waals surface area contributed by atoms with Gasteiger partial charge in [0.15, 0.2) is 0 Å². The maximum Gasteiger partial charge on any atom is 0.0413 e. The SMILES string of the molecule is CC(c1ccncc1Br)C(C)(C)C. The predicted octanol–water partition coefficient (Wildman–Crippen LogP) is 3.99. The highest BCUT2D eigenvalue weighted by Crippen LogP contribution is 2.37. The third kappa shape index (κ3) is 2.53. The lowest BCUT2D eigenvalue weighted by Crippen LogP contribution is -2.15. The highest BCUT2D eigenvalue weighted by Gasteiger charge is 2.22. The number of hydrogen-bond acceptors (Lipinski definition) is 1. The Kier molecular flexibility index (Phi) is 3.12. The highest BCUT2D eigenvalue weighted by molar-refractivity contribution is 9.10. The fraction of sp³-hybridized carbons (Fsp3) is 0.545. The van der Waals surface area contributed by atoms with Crippen LogP contribution in [0.25, 0.3) is 0 Å². The molecule has 1 unspecified atom stereocenters. The summed E-state index contributed by atoms with van der Waals surface area (Å²) >= 11 is 3.53. The van der Waals surface area contributed by atoms with Crippen molar-refractivity contribution in [2.45, 2.75) is 33.6 Å². The largest absolute Gasteiger partial charge is 0.264 e. The molecular weight excluding hydrogens is 226 g/mol. The third-order valence-corrected chi connectivity index (χ3v) is 3.23. The Labute approximate surface area is 88.7 Å². The van der Waals surface area contributed by atoms with Gasteiger partial charge in [0.05, 0.1) is 0 Å². The van der Waals surface area contributed by atoms with Crippen LogP contribution in [-0.4, -0.2) is 4.98 Å². The van der Waals surface area contributed by atoms with Crippen LogP contribution in [0.3, 0.4) is 0 Å². The molecule has 2 heteroatoms. The Morgan fingerprint density at radius 3 is 2.46 bits per heavy atom. The lowest BCUT2D eigenvalue weighted by molar-refractivity contribution is 0.338. The van der Waals surface area contributed by atoms with Crippen molar-refractivity contribution in [1.29, 1.82) is 0 Å². The summed E-state index contributed by atoms with van der Waals surface area (Å²) in [6, 6.07) is 2.08. The number of hydrogen-bond donors (Lipinski definition) is 0. The van der Waals surface area contributed by atoms with Crippen LogP contribution in [0.2, 0.25) is 0 Å². The van der Waals surface area contributed by atoms with Gasteiger partial charge in [0, 0.05) is 16.9 Å². The van der Waals surface area contributed by atoms with E-state index in [-0.39, 0.29) is 0 Å². The second kappa shape index (κ2) is 3.79.